The summed E-state index contributed by atoms with van der Waals surface area (Å²) in [4.78, 5) is 28.3. The molecule has 23 heavy (non-hydrogen) atoms. The van der Waals surface area contributed by atoms with E-state index >= 15 is 0 Å². The summed E-state index contributed by atoms with van der Waals surface area (Å²) in [6.07, 6.45) is -0.0409. The summed E-state index contributed by atoms with van der Waals surface area (Å²) in [6.45, 7) is 0. The zero-order valence-corrected chi connectivity index (χ0v) is 13.0. The molecule has 0 saturated heterocycles. The van der Waals surface area contributed by atoms with Crippen LogP contribution in [0.4, 0.5) is 5.13 Å². The van der Waals surface area contributed by atoms with Crippen LogP contribution in [0.15, 0.2) is 54.6 Å². The number of fused-ring (bicyclic) bond motifs is 1. The van der Waals surface area contributed by atoms with E-state index in [9.17, 15) is 9.59 Å². The molecule has 1 heterocycles. The smallest absolute Gasteiger partial charge is 0.234 e. The van der Waals surface area contributed by atoms with Crippen molar-refractivity contribution in [3.8, 4) is 0 Å². The second-order valence-corrected chi connectivity index (χ2v) is 6.14. The monoisotopic (exact) mass is 325 g/mol. The number of rotatable bonds is 5. The summed E-state index contributed by atoms with van der Waals surface area (Å²) in [5.41, 5.74) is 6.88. The molecule has 116 valence electrons. The molecule has 5 nitrogen and oxygen atoms in total. The maximum atomic E-state index is 12.6. The molecule has 0 radical (unpaired) electrons. The van der Waals surface area contributed by atoms with Crippen LogP contribution in [0.5, 0.6) is 0 Å². The van der Waals surface area contributed by atoms with Crippen LogP contribution >= 0.6 is 11.3 Å². The third kappa shape index (κ3) is 3.54. The largest absolute Gasteiger partial charge is 0.370 e. The molecule has 3 N–H and O–H groups in total. The fourth-order valence-electron chi connectivity index (χ4n) is 2.37. The maximum Gasteiger partial charge on any atom is 0.234 e. The van der Waals surface area contributed by atoms with Crippen LogP contribution in [0.2, 0.25) is 0 Å². The Bertz CT molecular complexity index is 812. The molecule has 0 spiro atoms. The minimum atomic E-state index is -0.624. The van der Waals surface area contributed by atoms with Gasteiger partial charge in [-0.3, -0.25) is 9.59 Å². The number of anilines is 1. The first-order valence-corrected chi connectivity index (χ1v) is 7.95. The van der Waals surface area contributed by atoms with Crippen molar-refractivity contribution in [2.24, 2.45) is 5.73 Å². The highest BCUT2D eigenvalue weighted by Gasteiger charge is 2.23. The van der Waals surface area contributed by atoms with E-state index in [-0.39, 0.29) is 12.3 Å². The number of nitrogens with two attached hydrogens (primary N) is 1. The average molecular weight is 325 g/mol. The van der Waals surface area contributed by atoms with E-state index in [2.05, 4.69) is 10.3 Å². The summed E-state index contributed by atoms with van der Waals surface area (Å²) in [5, 5.41) is 3.31. The lowest BCUT2D eigenvalue weighted by Gasteiger charge is -2.14. The molecule has 0 saturated carbocycles. The maximum absolute atomic E-state index is 12.6. The molecule has 1 aromatic heterocycles. The van der Waals surface area contributed by atoms with Gasteiger partial charge in [0, 0.05) is 6.42 Å². The molecule has 0 aliphatic carbocycles. The highest BCUT2D eigenvalue weighted by atomic mass is 32.1. The fraction of sp³-hybridized carbons (Fsp3) is 0.118. The number of para-hydroxylation sites is 1. The van der Waals surface area contributed by atoms with Gasteiger partial charge in [0.05, 0.1) is 16.1 Å². The van der Waals surface area contributed by atoms with Gasteiger partial charge >= 0.3 is 0 Å². The topological polar surface area (TPSA) is 85.1 Å². The lowest BCUT2D eigenvalue weighted by atomic mass is 9.94. The summed E-state index contributed by atoms with van der Waals surface area (Å²) in [7, 11) is 0. The van der Waals surface area contributed by atoms with Crippen molar-refractivity contribution in [2.45, 2.75) is 12.3 Å². The van der Waals surface area contributed by atoms with E-state index < -0.39 is 11.8 Å². The average Bonchev–Trinajstić information content (AvgIpc) is 2.95. The van der Waals surface area contributed by atoms with Gasteiger partial charge in [-0.1, -0.05) is 53.8 Å². The number of thiazole rings is 1. The van der Waals surface area contributed by atoms with Gasteiger partial charge in [-0.25, -0.2) is 4.98 Å². The molecular weight excluding hydrogens is 310 g/mol. The summed E-state index contributed by atoms with van der Waals surface area (Å²) in [6, 6.07) is 16.8. The number of amides is 2. The van der Waals surface area contributed by atoms with Crippen LogP contribution in [0.25, 0.3) is 10.2 Å². The van der Waals surface area contributed by atoms with Crippen LogP contribution in [0.1, 0.15) is 17.9 Å². The quantitative estimate of drug-likeness (QED) is 0.756. The van der Waals surface area contributed by atoms with Gasteiger partial charge in [0.1, 0.15) is 0 Å². The first kappa shape index (κ1) is 15.2. The molecule has 6 heteroatoms. The Labute approximate surface area is 137 Å². The predicted molar refractivity (Wildman–Crippen MR) is 91.2 cm³/mol. The van der Waals surface area contributed by atoms with Crippen molar-refractivity contribution in [3.05, 3.63) is 60.2 Å². The van der Waals surface area contributed by atoms with E-state index in [4.69, 9.17) is 5.73 Å². The number of aromatic nitrogens is 1. The van der Waals surface area contributed by atoms with E-state index in [0.29, 0.717) is 5.13 Å². The Morgan fingerprint density at radius 3 is 2.48 bits per heavy atom. The van der Waals surface area contributed by atoms with Crippen molar-refractivity contribution in [1.29, 1.82) is 0 Å². The van der Waals surface area contributed by atoms with Crippen LogP contribution in [-0.2, 0) is 9.59 Å². The number of carbonyl (C=O) groups is 2. The van der Waals surface area contributed by atoms with E-state index in [1.54, 1.807) is 0 Å². The number of carbonyl (C=O) groups excluding carboxylic acids is 2. The summed E-state index contributed by atoms with van der Waals surface area (Å²) < 4.78 is 0.994. The number of nitrogens with zero attached hydrogens (tertiary/aromatic N) is 1. The van der Waals surface area contributed by atoms with Crippen LogP contribution in [0.3, 0.4) is 0 Å². The third-order valence-corrected chi connectivity index (χ3v) is 4.40. The van der Waals surface area contributed by atoms with Gasteiger partial charge < -0.3 is 11.1 Å². The van der Waals surface area contributed by atoms with Gasteiger partial charge in [-0.15, -0.1) is 0 Å². The second-order valence-electron chi connectivity index (χ2n) is 5.11. The summed E-state index contributed by atoms with van der Waals surface area (Å²) in [5.74, 6) is -1.42. The number of nitrogens with one attached hydrogen (secondary N) is 1. The normalized spacial score (nSPS) is 12.0. The van der Waals surface area contributed by atoms with Crippen molar-refractivity contribution < 1.29 is 9.59 Å². The SMILES string of the molecule is NC(=O)C[C@@H](C(=O)Nc1nc2ccccc2s1)c1ccccc1. The minimum Gasteiger partial charge on any atom is -0.370 e. The third-order valence-electron chi connectivity index (χ3n) is 3.45. The predicted octanol–water partition coefficient (Wildman–Crippen LogP) is 2.89. The highest BCUT2D eigenvalue weighted by molar-refractivity contribution is 7.22. The van der Waals surface area contributed by atoms with Crippen molar-refractivity contribution >= 4 is 38.5 Å². The molecular formula is C17H15N3O2S. The molecule has 2 amide bonds. The molecule has 3 rings (SSSR count). The second kappa shape index (κ2) is 6.58. The molecule has 2 aromatic carbocycles. The first-order valence-electron chi connectivity index (χ1n) is 7.13. The van der Waals surface area contributed by atoms with Crippen LogP contribution in [0, 0.1) is 0 Å². The summed E-state index contributed by atoms with van der Waals surface area (Å²) >= 11 is 1.40. The van der Waals surface area contributed by atoms with Crippen molar-refractivity contribution in [1.82, 2.24) is 4.98 Å². The van der Waals surface area contributed by atoms with Crippen LogP contribution < -0.4 is 11.1 Å². The Kier molecular flexibility index (Phi) is 4.34. The Morgan fingerprint density at radius 1 is 1.09 bits per heavy atom. The van der Waals surface area contributed by atoms with Gasteiger partial charge in [0.15, 0.2) is 5.13 Å². The molecule has 0 bridgehead atoms. The zero-order valence-electron chi connectivity index (χ0n) is 12.2. The molecule has 1 atom stereocenters. The number of primary amides is 1. The molecule has 0 aliphatic rings. The Hall–Kier alpha value is -2.73. The van der Waals surface area contributed by atoms with Gasteiger partial charge in [0.25, 0.3) is 0 Å². The van der Waals surface area contributed by atoms with Gasteiger partial charge in [0.2, 0.25) is 11.8 Å². The number of hydrogen-bond acceptors (Lipinski definition) is 4. The Balaban J connectivity index is 1.84. The molecule has 0 unspecified atom stereocenters. The Morgan fingerprint density at radius 2 is 1.78 bits per heavy atom. The van der Waals surface area contributed by atoms with Crippen LogP contribution in [-0.4, -0.2) is 16.8 Å². The number of benzene rings is 2. The van der Waals surface area contributed by atoms with Crippen molar-refractivity contribution in [3.63, 3.8) is 0 Å². The lowest BCUT2D eigenvalue weighted by Crippen LogP contribution is -2.26. The van der Waals surface area contributed by atoms with E-state index in [1.165, 1.54) is 11.3 Å². The lowest BCUT2D eigenvalue weighted by molar-refractivity contribution is -0.123. The molecule has 3 aromatic rings. The van der Waals surface area contributed by atoms with E-state index in [1.807, 2.05) is 54.6 Å². The highest BCUT2D eigenvalue weighted by Crippen LogP contribution is 2.27. The molecule has 0 fully saturated rings. The molecule has 0 aliphatic heterocycles. The van der Waals surface area contributed by atoms with Crippen molar-refractivity contribution in [2.75, 3.05) is 5.32 Å². The standard InChI is InChI=1S/C17H15N3O2S/c18-15(21)10-12(11-6-2-1-3-7-11)16(22)20-17-19-13-8-4-5-9-14(13)23-17/h1-9,12H,10H2,(H2,18,21)(H,19,20,22)/t12-/m1/s1. The van der Waals surface area contributed by atoms with Gasteiger partial charge in [-0.2, -0.15) is 0 Å². The van der Waals surface area contributed by atoms with Gasteiger partial charge in [-0.05, 0) is 17.7 Å². The first-order chi connectivity index (χ1) is 11.1. The number of hydrogen-bond donors (Lipinski definition) is 2. The fourth-order valence-corrected chi connectivity index (χ4v) is 3.24. The zero-order chi connectivity index (χ0) is 16.2. The minimum absolute atomic E-state index is 0.0409. The van der Waals surface area contributed by atoms with E-state index in [0.717, 1.165) is 15.8 Å².